The maximum absolute atomic E-state index is 12.3. The number of hydrogen-bond donors (Lipinski definition) is 0. The Balaban J connectivity index is 2.42. The molecule has 0 saturated heterocycles. The summed E-state index contributed by atoms with van der Waals surface area (Å²) in [7, 11) is 0. The molecule has 2 heterocycles. The maximum Gasteiger partial charge on any atom is 0.131 e. The normalized spacial score (nSPS) is 10.4. The van der Waals surface area contributed by atoms with Gasteiger partial charge in [-0.3, -0.25) is 4.98 Å². The van der Waals surface area contributed by atoms with Gasteiger partial charge in [0.15, 0.2) is 0 Å². The second-order valence-electron chi connectivity index (χ2n) is 3.17. The van der Waals surface area contributed by atoms with Crippen LogP contribution in [0.2, 0.25) is 10.3 Å². The van der Waals surface area contributed by atoms with Crippen LogP contribution in [-0.4, -0.2) is 9.97 Å². The molecule has 0 amide bonds. The first-order valence-electron chi connectivity index (χ1n) is 4.53. The molecule has 2 rings (SSSR count). The molecule has 16 heavy (non-hydrogen) atoms. The smallest absolute Gasteiger partial charge is 0.131 e. The number of nitrogens with zero attached hydrogens (tertiary/aromatic N) is 2. The Bertz CT molecular complexity index is 480. The largest absolute Gasteiger partial charge is 0.258 e. The van der Waals surface area contributed by atoms with Crippen LogP contribution in [0.15, 0.2) is 30.5 Å². The molecule has 2 aromatic heterocycles. The quantitative estimate of drug-likeness (QED) is 0.762. The lowest BCUT2D eigenvalue weighted by molar-refractivity contribution is 0.476. The zero-order valence-corrected chi connectivity index (χ0v) is 9.63. The van der Waals surface area contributed by atoms with Gasteiger partial charge in [-0.1, -0.05) is 29.3 Å². The van der Waals surface area contributed by atoms with Crippen molar-refractivity contribution in [2.24, 2.45) is 0 Å². The van der Waals surface area contributed by atoms with Gasteiger partial charge in [0.25, 0.3) is 0 Å². The average molecular weight is 257 g/mol. The van der Waals surface area contributed by atoms with Gasteiger partial charge in [-0.15, -0.1) is 0 Å². The van der Waals surface area contributed by atoms with Gasteiger partial charge in [0.2, 0.25) is 0 Å². The third-order valence-electron chi connectivity index (χ3n) is 2.06. The number of pyridine rings is 2. The van der Waals surface area contributed by atoms with Crippen molar-refractivity contribution in [3.8, 4) is 11.1 Å². The van der Waals surface area contributed by atoms with Crippen LogP contribution in [0.1, 0.15) is 5.69 Å². The van der Waals surface area contributed by atoms with E-state index in [1.54, 1.807) is 30.5 Å². The summed E-state index contributed by atoms with van der Waals surface area (Å²) >= 11 is 11.6. The van der Waals surface area contributed by atoms with Crippen molar-refractivity contribution in [2.75, 3.05) is 0 Å². The van der Waals surface area contributed by atoms with Crippen molar-refractivity contribution in [1.29, 1.82) is 0 Å². The van der Waals surface area contributed by atoms with Gasteiger partial charge in [-0.25, -0.2) is 9.37 Å². The predicted octanol–water partition coefficient (Wildman–Crippen LogP) is 3.92. The maximum atomic E-state index is 12.3. The van der Waals surface area contributed by atoms with E-state index in [2.05, 4.69) is 9.97 Å². The molecule has 0 bridgehead atoms. The molecule has 0 aliphatic heterocycles. The van der Waals surface area contributed by atoms with E-state index < -0.39 is 6.67 Å². The zero-order chi connectivity index (χ0) is 11.5. The van der Waals surface area contributed by atoms with Crippen LogP contribution >= 0.6 is 23.2 Å². The van der Waals surface area contributed by atoms with Crippen molar-refractivity contribution in [1.82, 2.24) is 9.97 Å². The first-order valence-corrected chi connectivity index (χ1v) is 5.29. The van der Waals surface area contributed by atoms with E-state index in [0.29, 0.717) is 16.0 Å². The Morgan fingerprint density at radius 2 is 1.75 bits per heavy atom. The van der Waals surface area contributed by atoms with Crippen LogP contribution in [0.4, 0.5) is 4.39 Å². The SMILES string of the molecule is FCc1ccc(-c2cc(Cl)nc(Cl)c2)cn1. The molecule has 0 atom stereocenters. The van der Waals surface area contributed by atoms with Gasteiger partial charge in [0, 0.05) is 11.8 Å². The Labute approximate surface area is 102 Å². The van der Waals surface area contributed by atoms with E-state index in [9.17, 15) is 4.39 Å². The van der Waals surface area contributed by atoms with E-state index in [1.165, 1.54) is 0 Å². The number of alkyl halides is 1. The van der Waals surface area contributed by atoms with Gasteiger partial charge in [0.1, 0.15) is 17.0 Å². The van der Waals surface area contributed by atoms with Gasteiger partial charge < -0.3 is 0 Å². The lowest BCUT2D eigenvalue weighted by Crippen LogP contribution is -1.87. The van der Waals surface area contributed by atoms with Crippen molar-refractivity contribution in [3.63, 3.8) is 0 Å². The third-order valence-corrected chi connectivity index (χ3v) is 2.45. The Morgan fingerprint density at radius 1 is 1.06 bits per heavy atom. The second kappa shape index (κ2) is 4.76. The predicted molar refractivity (Wildman–Crippen MR) is 62.3 cm³/mol. The van der Waals surface area contributed by atoms with Crippen LogP contribution in [0.5, 0.6) is 0 Å². The standard InChI is InChI=1S/C11H7Cl2FN2/c12-10-3-8(4-11(13)16-10)7-1-2-9(5-14)15-6-7/h1-4,6H,5H2. The number of rotatable bonds is 2. The minimum absolute atomic E-state index is 0.317. The molecule has 2 nitrogen and oxygen atoms in total. The Morgan fingerprint density at radius 3 is 2.25 bits per heavy atom. The minimum atomic E-state index is -0.571. The van der Waals surface area contributed by atoms with E-state index in [1.807, 2.05) is 0 Å². The summed E-state index contributed by atoms with van der Waals surface area (Å²) in [4.78, 5) is 7.80. The lowest BCUT2D eigenvalue weighted by Gasteiger charge is -2.03. The van der Waals surface area contributed by atoms with Crippen molar-refractivity contribution < 1.29 is 4.39 Å². The summed E-state index contributed by atoms with van der Waals surface area (Å²) in [6, 6.07) is 6.75. The molecule has 0 fully saturated rings. The molecule has 0 N–H and O–H groups in total. The summed E-state index contributed by atoms with van der Waals surface area (Å²) in [5.74, 6) is 0. The zero-order valence-electron chi connectivity index (χ0n) is 8.12. The molecular weight excluding hydrogens is 250 g/mol. The van der Waals surface area contributed by atoms with Crippen molar-refractivity contribution >= 4 is 23.2 Å². The van der Waals surface area contributed by atoms with E-state index in [4.69, 9.17) is 23.2 Å². The topological polar surface area (TPSA) is 25.8 Å². The molecule has 2 aromatic rings. The Kier molecular flexibility index (Phi) is 3.36. The summed E-state index contributed by atoms with van der Waals surface area (Å²) in [5, 5.41) is 0.633. The van der Waals surface area contributed by atoms with Gasteiger partial charge in [0.05, 0.1) is 5.69 Å². The van der Waals surface area contributed by atoms with E-state index >= 15 is 0 Å². The van der Waals surface area contributed by atoms with E-state index in [0.717, 1.165) is 11.1 Å². The molecule has 0 spiro atoms. The van der Waals surface area contributed by atoms with Gasteiger partial charge in [-0.2, -0.15) is 0 Å². The average Bonchev–Trinajstić information content (AvgIpc) is 2.28. The fourth-order valence-electron chi connectivity index (χ4n) is 1.31. The monoisotopic (exact) mass is 256 g/mol. The summed E-state index contributed by atoms with van der Waals surface area (Å²) < 4.78 is 12.3. The van der Waals surface area contributed by atoms with Crippen molar-refractivity contribution in [3.05, 3.63) is 46.5 Å². The van der Waals surface area contributed by atoms with Gasteiger partial charge >= 0.3 is 0 Å². The molecule has 82 valence electrons. The first-order chi connectivity index (χ1) is 7.69. The van der Waals surface area contributed by atoms with Gasteiger partial charge in [-0.05, 0) is 23.8 Å². The highest BCUT2D eigenvalue weighted by molar-refractivity contribution is 6.32. The molecule has 0 aromatic carbocycles. The van der Waals surface area contributed by atoms with Crippen molar-refractivity contribution in [2.45, 2.75) is 6.67 Å². The molecule has 0 saturated carbocycles. The third kappa shape index (κ3) is 2.49. The molecule has 0 unspecified atom stereocenters. The number of hydrogen-bond acceptors (Lipinski definition) is 2. The summed E-state index contributed by atoms with van der Waals surface area (Å²) in [5.41, 5.74) is 2.03. The molecular formula is C11H7Cl2FN2. The molecule has 0 radical (unpaired) electrons. The molecule has 0 aliphatic rings. The number of halogens is 3. The van der Waals surface area contributed by atoms with Crippen LogP contribution in [0, 0.1) is 0 Å². The highest BCUT2D eigenvalue weighted by atomic mass is 35.5. The summed E-state index contributed by atoms with van der Waals surface area (Å²) in [6.45, 7) is -0.571. The molecule has 0 aliphatic carbocycles. The van der Waals surface area contributed by atoms with Crippen LogP contribution < -0.4 is 0 Å². The number of aromatic nitrogens is 2. The Hall–Kier alpha value is -1.19. The lowest BCUT2D eigenvalue weighted by atomic mass is 10.1. The molecule has 5 heteroatoms. The fraction of sp³-hybridized carbons (Fsp3) is 0.0909. The fourth-order valence-corrected chi connectivity index (χ4v) is 1.77. The highest BCUT2D eigenvalue weighted by Gasteiger charge is 2.03. The van der Waals surface area contributed by atoms with Crippen LogP contribution in [0.25, 0.3) is 11.1 Å². The van der Waals surface area contributed by atoms with E-state index in [-0.39, 0.29) is 0 Å². The highest BCUT2D eigenvalue weighted by Crippen LogP contribution is 2.24. The second-order valence-corrected chi connectivity index (χ2v) is 3.95. The minimum Gasteiger partial charge on any atom is -0.258 e. The van der Waals surface area contributed by atoms with Crippen LogP contribution in [0.3, 0.4) is 0 Å². The first kappa shape index (κ1) is 11.3. The van der Waals surface area contributed by atoms with Crippen LogP contribution in [-0.2, 0) is 6.67 Å². The summed E-state index contributed by atoms with van der Waals surface area (Å²) in [6.07, 6.45) is 1.58.